The number of sulfonamides is 1. The number of carbonyl (C=O) groups is 1. The number of carboxylic acid groups (broad SMARTS) is 1. The average molecular weight is 302 g/mol. The summed E-state index contributed by atoms with van der Waals surface area (Å²) in [4.78, 5) is 20.3. The highest BCUT2D eigenvalue weighted by Gasteiger charge is 2.26. The van der Waals surface area contributed by atoms with Gasteiger partial charge in [0, 0.05) is 12.6 Å². The van der Waals surface area contributed by atoms with Crippen LogP contribution < -0.4 is 4.72 Å². The minimum Gasteiger partial charge on any atom is -0.481 e. The van der Waals surface area contributed by atoms with E-state index >= 15 is 0 Å². The Labute approximate surface area is 115 Å². The number of rotatable bonds is 7. The molecule has 0 saturated carbocycles. The van der Waals surface area contributed by atoms with E-state index in [0.29, 0.717) is 0 Å². The van der Waals surface area contributed by atoms with Crippen LogP contribution in [0.15, 0.2) is 29.2 Å². The Balaban J connectivity index is 3.01. The van der Waals surface area contributed by atoms with Crippen LogP contribution in [0.3, 0.4) is 0 Å². The van der Waals surface area contributed by atoms with E-state index in [2.05, 4.69) is 4.72 Å². The van der Waals surface area contributed by atoms with E-state index in [4.69, 9.17) is 5.11 Å². The van der Waals surface area contributed by atoms with Gasteiger partial charge in [-0.1, -0.05) is 19.1 Å². The molecule has 0 aromatic heterocycles. The SMILES string of the molecule is CCC(CNS(=O)(=O)c1ccccc1[N+](=O)[O-])C(=O)O. The number of nitro groups is 1. The molecule has 1 unspecified atom stereocenters. The lowest BCUT2D eigenvalue weighted by atomic mass is 10.1. The van der Waals surface area contributed by atoms with Crippen molar-refractivity contribution in [3.05, 3.63) is 34.4 Å². The minimum atomic E-state index is -4.13. The molecule has 0 fully saturated rings. The first-order chi connectivity index (χ1) is 9.29. The van der Waals surface area contributed by atoms with Crippen molar-refractivity contribution in [2.24, 2.45) is 5.92 Å². The van der Waals surface area contributed by atoms with Gasteiger partial charge in [-0.3, -0.25) is 14.9 Å². The molecule has 20 heavy (non-hydrogen) atoms. The highest BCUT2D eigenvalue weighted by Crippen LogP contribution is 2.22. The molecule has 9 heteroatoms. The van der Waals surface area contributed by atoms with Gasteiger partial charge >= 0.3 is 5.97 Å². The van der Waals surface area contributed by atoms with Crippen LogP contribution in [0.4, 0.5) is 5.69 Å². The van der Waals surface area contributed by atoms with E-state index < -0.39 is 37.4 Å². The lowest BCUT2D eigenvalue weighted by molar-refractivity contribution is -0.387. The summed E-state index contributed by atoms with van der Waals surface area (Å²) >= 11 is 0. The molecule has 0 heterocycles. The molecule has 110 valence electrons. The fourth-order valence-electron chi connectivity index (χ4n) is 1.53. The summed E-state index contributed by atoms with van der Waals surface area (Å²) in [5.74, 6) is -2.01. The van der Waals surface area contributed by atoms with Gasteiger partial charge in [0.2, 0.25) is 10.0 Å². The zero-order valence-electron chi connectivity index (χ0n) is 10.6. The third kappa shape index (κ3) is 3.75. The normalized spacial score (nSPS) is 12.8. The molecule has 0 saturated heterocycles. The van der Waals surface area contributed by atoms with E-state index in [-0.39, 0.29) is 13.0 Å². The Morgan fingerprint density at radius 2 is 2.05 bits per heavy atom. The third-order valence-electron chi connectivity index (χ3n) is 2.71. The fourth-order valence-corrected chi connectivity index (χ4v) is 2.78. The minimum absolute atomic E-state index is 0.245. The number of nitrogens with one attached hydrogen (secondary N) is 1. The molecule has 0 radical (unpaired) electrons. The molecule has 0 aliphatic heterocycles. The molecule has 1 rings (SSSR count). The Kier molecular flexibility index (Phi) is 5.17. The number of nitrogens with zero attached hydrogens (tertiary/aromatic N) is 1. The van der Waals surface area contributed by atoms with Crippen molar-refractivity contribution >= 4 is 21.7 Å². The van der Waals surface area contributed by atoms with Crippen molar-refractivity contribution in [2.75, 3.05) is 6.54 Å². The Morgan fingerprint density at radius 1 is 1.45 bits per heavy atom. The Hall–Kier alpha value is -2.00. The molecule has 0 amide bonds. The molecule has 1 aromatic rings. The van der Waals surface area contributed by atoms with Crippen molar-refractivity contribution in [1.29, 1.82) is 0 Å². The summed E-state index contributed by atoms with van der Waals surface area (Å²) in [6.45, 7) is 1.29. The maximum absolute atomic E-state index is 12.0. The molecule has 2 N–H and O–H groups in total. The summed E-state index contributed by atoms with van der Waals surface area (Å²) in [6, 6.07) is 4.88. The van der Waals surface area contributed by atoms with Gasteiger partial charge < -0.3 is 5.11 Å². The van der Waals surface area contributed by atoms with Crippen LogP contribution in [0.25, 0.3) is 0 Å². The summed E-state index contributed by atoms with van der Waals surface area (Å²) in [5.41, 5.74) is -0.552. The van der Waals surface area contributed by atoms with Crippen molar-refractivity contribution in [3.63, 3.8) is 0 Å². The molecule has 0 aliphatic rings. The highest BCUT2D eigenvalue weighted by molar-refractivity contribution is 7.89. The number of hydrogen-bond acceptors (Lipinski definition) is 5. The van der Waals surface area contributed by atoms with Gasteiger partial charge in [-0.15, -0.1) is 0 Å². The predicted molar refractivity (Wildman–Crippen MR) is 69.7 cm³/mol. The van der Waals surface area contributed by atoms with E-state index in [9.17, 15) is 23.3 Å². The van der Waals surface area contributed by atoms with Crippen LogP contribution in [-0.4, -0.2) is 31.0 Å². The lowest BCUT2D eigenvalue weighted by Crippen LogP contribution is -2.33. The number of para-hydroxylation sites is 1. The monoisotopic (exact) mass is 302 g/mol. The summed E-state index contributed by atoms with van der Waals surface area (Å²) < 4.78 is 26.1. The number of hydrogen-bond donors (Lipinski definition) is 2. The first-order valence-electron chi connectivity index (χ1n) is 5.75. The number of benzene rings is 1. The number of carboxylic acids is 1. The summed E-state index contributed by atoms with van der Waals surface area (Å²) in [5, 5.41) is 19.6. The van der Waals surface area contributed by atoms with Gasteiger partial charge in [-0.25, -0.2) is 13.1 Å². The van der Waals surface area contributed by atoms with E-state index in [1.807, 2.05) is 0 Å². The molecular weight excluding hydrogens is 288 g/mol. The lowest BCUT2D eigenvalue weighted by Gasteiger charge is -2.11. The standard InChI is InChI=1S/C11H14N2O6S/c1-2-8(11(14)15)7-12-20(18,19)10-6-4-3-5-9(10)13(16)17/h3-6,8,12H,2,7H2,1H3,(H,14,15). The number of nitro benzene ring substituents is 1. The van der Waals surface area contributed by atoms with Crippen molar-refractivity contribution in [1.82, 2.24) is 4.72 Å². The summed E-state index contributed by atoms with van der Waals surface area (Å²) in [6.07, 6.45) is 0.245. The van der Waals surface area contributed by atoms with E-state index in [1.165, 1.54) is 12.1 Å². The van der Waals surface area contributed by atoms with Crippen LogP contribution in [0.2, 0.25) is 0 Å². The second-order valence-corrected chi connectivity index (χ2v) is 5.76. The van der Waals surface area contributed by atoms with Crippen LogP contribution >= 0.6 is 0 Å². The van der Waals surface area contributed by atoms with Gasteiger partial charge in [-0.2, -0.15) is 0 Å². The Bertz CT molecular complexity index is 613. The molecule has 0 aliphatic carbocycles. The van der Waals surface area contributed by atoms with Crippen molar-refractivity contribution in [2.45, 2.75) is 18.2 Å². The zero-order valence-corrected chi connectivity index (χ0v) is 11.5. The Morgan fingerprint density at radius 3 is 2.55 bits per heavy atom. The smallest absolute Gasteiger partial charge is 0.307 e. The van der Waals surface area contributed by atoms with E-state index in [0.717, 1.165) is 12.1 Å². The summed E-state index contributed by atoms with van der Waals surface area (Å²) in [7, 11) is -4.13. The molecule has 1 aromatic carbocycles. The maximum atomic E-state index is 12.0. The van der Waals surface area contributed by atoms with Gasteiger partial charge in [-0.05, 0) is 12.5 Å². The van der Waals surface area contributed by atoms with Crippen LogP contribution in [0, 0.1) is 16.0 Å². The van der Waals surface area contributed by atoms with Crippen LogP contribution in [0.5, 0.6) is 0 Å². The maximum Gasteiger partial charge on any atom is 0.307 e. The predicted octanol–water partition coefficient (Wildman–Crippen LogP) is 0.984. The second-order valence-electron chi connectivity index (χ2n) is 4.02. The van der Waals surface area contributed by atoms with Crippen LogP contribution in [0.1, 0.15) is 13.3 Å². The van der Waals surface area contributed by atoms with Crippen molar-refractivity contribution < 1.29 is 23.2 Å². The molecule has 0 spiro atoms. The van der Waals surface area contributed by atoms with Gasteiger partial charge in [0.25, 0.3) is 5.69 Å². The second kappa shape index (κ2) is 6.44. The first-order valence-corrected chi connectivity index (χ1v) is 7.23. The van der Waals surface area contributed by atoms with Crippen LogP contribution in [-0.2, 0) is 14.8 Å². The van der Waals surface area contributed by atoms with Gasteiger partial charge in [0.15, 0.2) is 4.90 Å². The molecule has 1 atom stereocenters. The average Bonchev–Trinajstić information content (AvgIpc) is 2.38. The molecule has 8 nitrogen and oxygen atoms in total. The third-order valence-corrected chi connectivity index (χ3v) is 4.18. The zero-order chi connectivity index (χ0) is 15.3. The van der Waals surface area contributed by atoms with Gasteiger partial charge in [0.05, 0.1) is 10.8 Å². The molecular formula is C11H14N2O6S. The number of aliphatic carboxylic acids is 1. The fraction of sp³-hybridized carbons (Fsp3) is 0.364. The van der Waals surface area contributed by atoms with Gasteiger partial charge in [0.1, 0.15) is 0 Å². The molecule has 0 bridgehead atoms. The topological polar surface area (TPSA) is 127 Å². The first kappa shape index (κ1) is 16.1. The van der Waals surface area contributed by atoms with E-state index in [1.54, 1.807) is 6.92 Å². The quantitative estimate of drug-likeness (QED) is 0.571. The largest absolute Gasteiger partial charge is 0.481 e. The van der Waals surface area contributed by atoms with Crippen molar-refractivity contribution in [3.8, 4) is 0 Å². The highest BCUT2D eigenvalue weighted by atomic mass is 32.2.